The number of nitrogens with two attached hydrogens (primary N) is 1. The molecule has 0 radical (unpaired) electrons. The van der Waals surface area contributed by atoms with Crippen molar-refractivity contribution in [2.45, 2.75) is 44.5 Å². The zero-order valence-electron chi connectivity index (χ0n) is 13.9. The van der Waals surface area contributed by atoms with Gasteiger partial charge in [0, 0.05) is 31.0 Å². The Kier molecular flexibility index (Phi) is 3.82. The third-order valence-corrected chi connectivity index (χ3v) is 4.65. The minimum Gasteiger partial charge on any atom is -0.444 e. The molecule has 0 bridgehead atoms. The highest BCUT2D eigenvalue weighted by atomic mass is 19.4. The molecule has 1 aliphatic carbocycles. The number of ether oxygens (including phenoxy) is 1. The summed E-state index contributed by atoms with van der Waals surface area (Å²) in [5.41, 5.74) is 6.29. The van der Waals surface area contributed by atoms with E-state index in [-0.39, 0.29) is 17.9 Å². The van der Waals surface area contributed by atoms with Crippen molar-refractivity contribution in [2.24, 2.45) is 11.7 Å². The maximum absolute atomic E-state index is 13.0. The first kappa shape index (κ1) is 17.1. The molecule has 2 aliphatic rings. The Morgan fingerprint density at radius 1 is 1.21 bits per heavy atom. The van der Waals surface area contributed by atoms with Crippen molar-refractivity contribution < 1.29 is 22.7 Å². The Balaban J connectivity index is 1.85. The predicted molar refractivity (Wildman–Crippen MR) is 82.4 cm³/mol. The molecule has 0 spiro atoms. The maximum Gasteiger partial charge on any atom is 0.416 e. The van der Waals surface area contributed by atoms with Gasteiger partial charge in [-0.25, -0.2) is 4.79 Å². The molecule has 1 aromatic carbocycles. The van der Waals surface area contributed by atoms with E-state index in [1.54, 1.807) is 25.7 Å². The molecule has 0 saturated carbocycles. The van der Waals surface area contributed by atoms with Crippen molar-refractivity contribution in [1.29, 1.82) is 0 Å². The molecular weight excluding hydrogens is 321 g/mol. The van der Waals surface area contributed by atoms with E-state index in [0.29, 0.717) is 18.7 Å². The van der Waals surface area contributed by atoms with E-state index >= 15 is 0 Å². The highest BCUT2D eigenvalue weighted by molar-refractivity contribution is 5.69. The molecule has 1 heterocycles. The predicted octanol–water partition coefficient (Wildman–Crippen LogP) is 3.67. The summed E-state index contributed by atoms with van der Waals surface area (Å²) in [4.78, 5) is 13.8. The van der Waals surface area contributed by atoms with Crippen LogP contribution in [0.3, 0.4) is 0 Å². The maximum atomic E-state index is 13.0. The molecule has 1 saturated heterocycles. The summed E-state index contributed by atoms with van der Waals surface area (Å²) in [6.07, 6.45) is -4.83. The quantitative estimate of drug-likeness (QED) is 0.783. The number of alkyl halides is 3. The fraction of sp³-hybridized carbons (Fsp3) is 0.588. The molecule has 3 rings (SSSR count). The van der Waals surface area contributed by atoms with Gasteiger partial charge in [0.25, 0.3) is 0 Å². The van der Waals surface area contributed by atoms with Crippen molar-refractivity contribution in [3.8, 4) is 0 Å². The lowest BCUT2D eigenvalue weighted by Gasteiger charge is -2.25. The standard InChI is InChI=1S/C17H21F3N2O2/c1-16(2,3)24-15(23)22-7-12-11-6-9(17(18,19)20)4-5-10(11)14(21)13(12)8-22/h4-6,12-14H,7-8,21H2,1-3H3/t12-,13-,14+/m0/s1. The fourth-order valence-corrected chi connectivity index (χ4v) is 3.60. The molecule has 132 valence electrons. The van der Waals surface area contributed by atoms with Gasteiger partial charge >= 0.3 is 12.3 Å². The van der Waals surface area contributed by atoms with Gasteiger partial charge in [0.2, 0.25) is 0 Å². The first-order valence-electron chi connectivity index (χ1n) is 7.92. The highest BCUT2D eigenvalue weighted by Crippen LogP contribution is 2.49. The third kappa shape index (κ3) is 2.97. The minimum absolute atomic E-state index is 0.0731. The lowest BCUT2D eigenvalue weighted by molar-refractivity contribution is -0.137. The van der Waals surface area contributed by atoms with Crippen LogP contribution >= 0.6 is 0 Å². The van der Waals surface area contributed by atoms with Crippen LogP contribution in [0.15, 0.2) is 18.2 Å². The number of hydrogen-bond donors (Lipinski definition) is 1. The molecule has 0 aromatic heterocycles. The average molecular weight is 342 g/mol. The first-order valence-corrected chi connectivity index (χ1v) is 7.92. The smallest absolute Gasteiger partial charge is 0.416 e. The highest BCUT2D eigenvalue weighted by Gasteiger charge is 2.47. The van der Waals surface area contributed by atoms with Crippen LogP contribution in [0.4, 0.5) is 18.0 Å². The van der Waals surface area contributed by atoms with Gasteiger partial charge < -0.3 is 15.4 Å². The van der Waals surface area contributed by atoms with Crippen LogP contribution in [0, 0.1) is 5.92 Å². The molecule has 1 fully saturated rings. The molecule has 0 unspecified atom stereocenters. The summed E-state index contributed by atoms with van der Waals surface area (Å²) in [6, 6.07) is 3.36. The van der Waals surface area contributed by atoms with E-state index in [1.165, 1.54) is 12.1 Å². The van der Waals surface area contributed by atoms with Crippen molar-refractivity contribution >= 4 is 6.09 Å². The van der Waals surface area contributed by atoms with Crippen LogP contribution < -0.4 is 5.73 Å². The number of hydrogen-bond acceptors (Lipinski definition) is 3. The number of fused-ring (bicyclic) bond motifs is 3. The topological polar surface area (TPSA) is 55.6 Å². The Morgan fingerprint density at radius 2 is 1.88 bits per heavy atom. The average Bonchev–Trinajstić information content (AvgIpc) is 2.96. The molecule has 2 N–H and O–H groups in total. The van der Waals surface area contributed by atoms with Gasteiger partial charge in [0.05, 0.1) is 5.56 Å². The second-order valence-electron chi connectivity index (χ2n) is 7.52. The number of carbonyl (C=O) groups excluding carboxylic acids is 1. The van der Waals surface area contributed by atoms with Crippen LogP contribution in [0.1, 0.15) is 49.4 Å². The van der Waals surface area contributed by atoms with Crippen LogP contribution in [0.2, 0.25) is 0 Å². The second-order valence-corrected chi connectivity index (χ2v) is 7.52. The van der Waals surface area contributed by atoms with E-state index in [1.807, 2.05) is 0 Å². The molecule has 3 atom stereocenters. The SMILES string of the molecule is CC(C)(C)OC(=O)N1C[C@@H]2[C@H](N)c3ccc(C(F)(F)F)cc3[C@@H]2C1. The number of carbonyl (C=O) groups is 1. The molecule has 1 amide bonds. The third-order valence-electron chi connectivity index (χ3n) is 4.65. The van der Waals surface area contributed by atoms with Crippen LogP contribution in [0.5, 0.6) is 0 Å². The summed E-state index contributed by atoms with van der Waals surface area (Å²) >= 11 is 0. The zero-order valence-corrected chi connectivity index (χ0v) is 13.9. The van der Waals surface area contributed by atoms with E-state index in [2.05, 4.69) is 0 Å². The Labute approximate surface area is 138 Å². The van der Waals surface area contributed by atoms with Crippen molar-refractivity contribution in [1.82, 2.24) is 4.90 Å². The van der Waals surface area contributed by atoms with Crippen LogP contribution in [0.25, 0.3) is 0 Å². The summed E-state index contributed by atoms with van der Waals surface area (Å²) in [6.45, 7) is 6.06. The Bertz CT molecular complexity index is 667. The number of nitrogens with zero attached hydrogens (tertiary/aromatic N) is 1. The van der Waals surface area contributed by atoms with E-state index in [0.717, 1.165) is 11.6 Å². The normalized spacial score (nSPS) is 26.3. The zero-order chi connectivity index (χ0) is 17.9. The minimum atomic E-state index is -4.39. The van der Waals surface area contributed by atoms with Crippen LogP contribution in [-0.2, 0) is 10.9 Å². The van der Waals surface area contributed by atoms with Gasteiger partial charge in [-0.3, -0.25) is 0 Å². The van der Waals surface area contributed by atoms with Gasteiger partial charge in [0.1, 0.15) is 5.60 Å². The molecule has 4 nitrogen and oxygen atoms in total. The van der Waals surface area contributed by atoms with Gasteiger partial charge in [-0.15, -0.1) is 0 Å². The summed E-state index contributed by atoms with van der Waals surface area (Å²) in [5.74, 6) is -0.249. The lowest BCUT2D eigenvalue weighted by atomic mass is 9.94. The van der Waals surface area contributed by atoms with Gasteiger partial charge in [-0.1, -0.05) is 6.07 Å². The molecular formula is C17H21F3N2O2. The Morgan fingerprint density at radius 3 is 2.46 bits per heavy atom. The Hall–Kier alpha value is -1.76. The molecule has 1 aromatic rings. The van der Waals surface area contributed by atoms with Crippen molar-refractivity contribution in [2.75, 3.05) is 13.1 Å². The van der Waals surface area contributed by atoms with E-state index < -0.39 is 23.4 Å². The van der Waals surface area contributed by atoms with E-state index in [4.69, 9.17) is 10.5 Å². The van der Waals surface area contributed by atoms with Gasteiger partial charge in [-0.2, -0.15) is 13.2 Å². The largest absolute Gasteiger partial charge is 0.444 e. The summed E-state index contributed by atoms with van der Waals surface area (Å²) in [5, 5.41) is 0. The van der Waals surface area contributed by atoms with Crippen LogP contribution in [-0.4, -0.2) is 29.7 Å². The number of benzene rings is 1. The van der Waals surface area contributed by atoms with Crippen molar-refractivity contribution in [3.63, 3.8) is 0 Å². The summed E-state index contributed by atoms with van der Waals surface area (Å²) in [7, 11) is 0. The van der Waals surface area contributed by atoms with E-state index in [9.17, 15) is 18.0 Å². The number of halogens is 3. The number of amides is 1. The molecule has 24 heavy (non-hydrogen) atoms. The molecule has 7 heteroatoms. The van der Waals surface area contributed by atoms with Gasteiger partial charge in [0.15, 0.2) is 0 Å². The van der Waals surface area contributed by atoms with Gasteiger partial charge in [-0.05, 0) is 44.0 Å². The monoisotopic (exact) mass is 342 g/mol. The number of likely N-dealkylation sites (tertiary alicyclic amines) is 1. The second kappa shape index (κ2) is 5.37. The summed E-state index contributed by atoms with van der Waals surface area (Å²) < 4.78 is 44.3. The molecule has 1 aliphatic heterocycles. The number of rotatable bonds is 0. The first-order chi connectivity index (χ1) is 11.0. The van der Waals surface area contributed by atoms with Crippen molar-refractivity contribution in [3.05, 3.63) is 34.9 Å². The fourth-order valence-electron chi connectivity index (χ4n) is 3.60. The lowest BCUT2D eigenvalue weighted by Crippen LogP contribution is -2.36.